The molecule has 0 spiro atoms. The van der Waals surface area contributed by atoms with Crippen molar-refractivity contribution in [2.45, 2.75) is 13.5 Å². The Hall–Kier alpha value is -1.25. The van der Waals surface area contributed by atoms with E-state index in [1.54, 1.807) is 13.3 Å². The third kappa shape index (κ3) is 1.61. The van der Waals surface area contributed by atoms with Gasteiger partial charge in [0.15, 0.2) is 0 Å². The number of aromatic nitrogens is 2. The summed E-state index contributed by atoms with van der Waals surface area (Å²) in [5.41, 5.74) is 0.939. The molecular weight excluding hydrogens is 140 g/mol. The predicted octanol–water partition coefficient (Wildman–Crippen LogP) is 1.52. The first kappa shape index (κ1) is 7.85. The Morgan fingerprint density at radius 1 is 1.82 bits per heavy atom. The van der Waals surface area contributed by atoms with Gasteiger partial charge in [0.25, 0.3) is 0 Å². The summed E-state index contributed by atoms with van der Waals surface area (Å²) in [7, 11) is 1.60. The van der Waals surface area contributed by atoms with Gasteiger partial charge in [-0.05, 0) is 6.92 Å². The quantitative estimate of drug-likeness (QED) is 0.614. The third-order valence-electron chi connectivity index (χ3n) is 1.53. The second-order valence-corrected chi connectivity index (χ2v) is 2.21. The highest BCUT2D eigenvalue weighted by molar-refractivity contribution is 5.55. The number of hydrogen-bond acceptors (Lipinski definition) is 2. The van der Waals surface area contributed by atoms with Crippen LogP contribution in [0.25, 0.3) is 5.76 Å². The van der Waals surface area contributed by atoms with E-state index in [1.807, 2.05) is 17.8 Å². The van der Waals surface area contributed by atoms with Crippen molar-refractivity contribution in [3.63, 3.8) is 0 Å². The van der Waals surface area contributed by atoms with Crippen molar-refractivity contribution in [2.24, 2.45) is 0 Å². The van der Waals surface area contributed by atoms with Crippen molar-refractivity contribution in [2.75, 3.05) is 7.11 Å². The molecule has 3 nitrogen and oxygen atoms in total. The van der Waals surface area contributed by atoms with E-state index in [9.17, 15) is 0 Å². The molecule has 1 heterocycles. The van der Waals surface area contributed by atoms with E-state index < -0.39 is 0 Å². The lowest BCUT2D eigenvalue weighted by atomic mass is 10.3. The van der Waals surface area contributed by atoms with Gasteiger partial charge in [0.05, 0.1) is 18.9 Å². The minimum Gasteiger partial charge on any atom is -0.497 e. The maximum Gasteiger partial charge on any atom is 0.122 e. The molecule has 0 amide bonds. The molecule has 0 aliphatic heterocycles. The smallest absolute Gasteiger partial charge is 0.122 e. The molecule has 60 valence electrons. The van der Waals surface area contributed by atoms with Gasteiger partial charge in [0, 0.05) is 12.7 Å². The summed E-state index contributed by atoms with van der Waals surface area (Å²) in [6, 6.07) is 0. The Bertz CT molecular complexity index is 252. The Balaban J connectivity index is 2.80. The van der Waals surface area contributed by atoms with Gasteiger partial charge in [0.2, 0.25) is 0 Å². The Morgan fingerprint density at radius 3 is 3.00 bits per heavy atom. The highest BCUT2D eigenvalue weighted by atomic mass is 16.5. The SMILES string of the molecule is C=C(OC)c1cnn(CC)c1. The average molecular weight is 152 g/mol. The van der Waals surface area contributed by atoms with Crippen LogP contribution in [0.15, 0.2) is 19.0 Å². The summed E-state index contributed by atoms with van der Waals surface area (Å²) in [5.74, 6) is 0.657. The van der Waals surface area contributed by atoms with Gasteiger partial charge in [-0.1, -0.05) is 6.58 Å². The van der Waals surface area contributed by atoms with E-state index in [2.05, 4.69) is 11.7 Å². The van der Waals surface area contributed by atoms with Crippen LogP contribution < -0.4 is 0 Å². The summed E-state index contributed by atoms with van der Waals surface area (Å²) >= 11 is 0. The van der Waals surface area contributed by atoms with Gasteiger partial charge in [-0.3, -0.25) is 4.68 Å². The maximum absolute atomic E-state index is 4.95. The number of rotatable bonds is 3. The number of ether oxygens (including phenoxy) is 1. The summed E-state index contributed by atoms with van der Waals surface area (Å²) in [4.78, 5) is 0. The van der Waals surface area contributed by atoms with Crippen LogP contribution in [0.4, 0.5) is 0 Å². The minimum absolute atomic E-state index is 0.657. The zero-order valence-electron chi connectivity index (χ0n) is 6.87. The first-order valence-electron chi connectivity index (χ1n) is 3.53. The van der Waals surface area contributed by atoms with Gasteiger partial charge < -0.3 is 4.74 Å². The molecule has 1 aromatic heterocycles. The second-order valence-electron chi connectivity index (χ2n) is 2.21. The molecule has 0 aliphatic rings. The molecule has 0 fully saturated rings. The standard InChI is InChI=1S/C8H12N2O/c1-4-10-6-8(5-9-10)7(2)11-3/h5-6H,2,4H2,1,3H3. The second kappa shape index (κ2) is 3.23. The number of nitrogens with zero attached hydrogens (tertiary/aromatic N) is 2. The van der Waals surface area contributed by atoms with Crippen molar-refractivity contribution in [3.8, 4) is 0 Å². The van der Waals surface area contributed by atoms with Crippen molar-refractivity contribution < 1.29 is 4.74 Å². The van der Waals surface area contributed by atoms with E-state index in [0.29, 0.717) is 5.76 Å². The zero-order valence-corrected chi connectivity index (χ0v) is 6.87. The van der Waals surface area contributed by atoms with Crippen LogP contribution in [-0.2, 0) is 11.3 Å². The van der Waals surface area contributed by atoms with Crippen LogP contribution in [0.1, 0.15) is 12.5 Å². The third-order valence-corrected chi connectivity index (χ3v) is 1.53. The molecule has 1 aromatic rings. The molecule has 0 unspecified atom stereocenters. The normalized spacial score (nSPS) is 9.64. The zero-order chi connectivity index (χ0) is 8.27. The van der Waals surface area contributed by atoms with Gasteiger partial charge in [0.1, 0.15) is 5.76 Å². The van der Waals surface area contributed by atoms with E-state index in [-0.39, 0.29) is 0 Å². The molecule has 11 heavy (non-hydrogen) atoms. The number of aryl methyl sites for hydroxylation is 1. The summed E-state index contributed by atoms with van der Waals surface area (Å²) in [5, 5.41) is 4.08. The molecule has 0 aromatic carbocycles. The van der Waals surface area contributed by atoms with Crippen LogP contribution in [0, 0.1) is 0 Å². The molecule has 0 bridgehead atoms. The first-order valence-corrected chi connectivity index (χ1v) is 3.53. The van der Waals surface area contributed by atoms with E-state index >= 15 is 0 Å². The predicted molar refractivity (Wildman–Crippen MR) is 43.9 cm³/mol. The van der Waals surface area contributed by atoms with Gasteiger partial charge >= 0.3 is 0 Å². The fourth-order valence-corrected chi connectivity index (χ4v) is 0.798. The van der Waals surface area contributed by atoms with Crippen molar-refractivity contribution in [3.05, 3.63) is 24.5 Å². The van der Waals surface area contributed by atoms with E-state index in [1.165, 1.54) is 0 Å². The Morgan fingerprint density at radius 2 is 2.55 bits per heavy atom. The molecule has 0 saturated carbocycles. The monoisotopic (exact) mass is 152 g/mol. The van der Waals surface area contributed by atoms with Crippen LogP contribution in [-0.4, -0.2) is 16.9 Å². The highest BCUT2D eigenvalue weighted by Gasteiger charge is 1.99. The van der Waals surface area contributed by atoms with Crippen molar-refractivity contribution in [1.82, 2.24) is 9.78 Å². The fraction of sp³-hybridized carbons (Fsp3) is 0.375. The molecule has 3 heteroatoms. The van der Waals surface area contributed by atoms with E-state index in [4.69, 9.17) is 4.74 Å². The Kier molecular flexibility index (Phi) is 2.31. The van der Waals surface area contributed by atoms with Crippen LogP contribution in [0.5, 0.6) is 0 Å². The van der Waals surface area contributed by atoms with Crippen LogP contribution in [0.3, 0.4) is 0 Å². The minimum atomic E-state index is 0.657. The van der Waals surface area contributed by atoms with Crippen molar-refractivity contribution >= 4 is 5.76 Å². The first-order chi connectivity index (χ1) is 5.27. The Labute approximate surface area is 66.3 Å². The van der Waals surface area contributed by atoms with Gasteiger partial charge in [-0.25, -0.2) is 0 Å². The molecule has 0 N–H and O–H groups in total. The van der Waals surface area contributed by atoms with Crippen molar-refractivity contribution in [1.29, 1.82) is 0 Å². The fourth-order valence-electron chi connectivity index (χ4n) is 0.798. The van der Waals surface area contributed by atoms with Crippen LogP contribution in [0.2, 0.25) is 0 Å². The maximum atomic E-state index is 4.95. The molecule has 1 rings (SSSR count). The number of methoxy groups -OCH3 is 1. The molecule has 0 aliphatic carbocycles. The lowest BCUT2D eigenvalue weighted by Gasteiger charge is -1.97. The lowest BCUT2D eigenvalue weighted by molar-refractivity contribution is 0.371. The van der Waals surface area contributed by atoms with E-state index in [0.717, 1.165) is 12.1 Å². The molecule has 0 radical (unpaired) electrons. The number of hydrogen-bond donors (Lipinski definition) is 0. The highest BCUT2D eigenvalue weighted by Crippen LogP contribution is 2.10. The van der Waals surface area contributed by atoms with Gasteiger partial charge in [-0.2, -0.15) is 5.10 Å². The van der Waals surface area contributed by atoms with Gasteiger partial charge in [-0.15, -0.1) is 0 Å². The molecular formula is C8H12N2O. The summed E-state index contributed by atoms with van der Waals surface area (Å²) in [6.07, 6.45) is 3.65. The van der Waals surface area contributed by atoms with Crippen LogP contribution >= 0.6 is 0 Å². The molecule has 0 atom stereocenters. The summed E-state index contributed by atoms with van der Waals surface area (Å²) < 4.78 is 6.78. The summed E-state index contributed by atoms with van der Waals surface area (Å²) in [6.45, 7) is 6.62. The largest absolute Gasteiger partial charge is 0.497 e. The lowest BCUT2D eigenvalue weighted by Crippen LogP contribution is -1.92. The average Bonchev–Trinajstić information content (AvgIpc) is 2.50. The molecule has 0 saturated heterocycles. The topological polar surface area (TPSA) is 27.1 Å².